The molecule has 0 spiro atoms. The van der Waals surface area contributed by atoms with Crippen molar-refractivity contribution in [3.63, 3.8) is 0 Å². The molecule has 21 heavy (non-hydrogen) atoms. The molecule has 1 N–H and O–H groups in total. The van der Waals surface area contributed by atoms with Gasteiger partial charge in [-0.1, -0.05) is 12.1 Å². The predicted octanol–water partition coefficient (Wildman–Crippen LogP) is 1.88. The predicted molar refractivity (Wildman–Crippen MR) is 79.0 cm³/mol. The molecule has 2 aliphatic rings. The Morgan fingerprint density at radius 1 is 1.43 bits per heavy atom. The lowest BCUT2D eigenvalue weighted by atomic mass is 10.1. The third-order valence-corrected chi connectivity index (χ3v) is 5.00. The second-order valence-electron chi connectivity index (χ2n) is 5.01. The van der Waals surface area contributed by atoms with Crippen LogP contribution in [0.25, 0.3) is 0 Å². The van der Waals surface area contributed by atoms with Crippen molar-refractivity contribution in [3.8, 4) is 5.75 Å². The molecule has 2 atom stereocenters. The lowest BCUT2D eigenvalue weighted by Crippen LogP contribution is -2.54. The van der Waals surface area contributed by atoms with E-state index in [0.717, 1.165) is 17.7 Å². The van der Waals surface area contributed by atoms with Crippen LogP contribution < -0.4 is 4.74 Å². The van der Waals surface area contributed by atoms with Gasteiger partial charge in [0.2, 0.25) is 5.91 Å². The number of nitrogens with zero attached hydrogens (tertiary/aromatic N) is 1. The molecule has 1 aromatic carbocycles. The van der Waals surface area contributed by atoms with E-state index in [4.69, 9.17) is 4.74 Å². The summed E-state index contributed by atoms with van der Waals surface area (Å²) in [5.41, 5.74) is 1.24. The molecule has 1 amide bonds. The first kappa shape index (κ1) is 14.0. The minimum atomic E-state index is -1.03. The number of ether oxygens (including phenoxy) is 1. The maximum absolute atomic E-state index is 11.5. The first-order chi connectivity index (χ1) is 10.1. The number of carbonyl (C=O) groups excluding carboxylic acids is 1. The number of hydrogen-bond donors (Lipinski definition) is 1. The van der Waals surface area contributed by atoms with Gasteiger partial charge in [0.1, 0.15) is 11.4 Å². The standard InChI is InChI=1S/C15H15NO4S/c1-20-10-4-2-9(3-5-10)6-11-7-12(15(18)19)16-13(17)8-14(16)21-11/h2-5,7,11,14H,6,8H2,1H3,(H,18,19)/t11?,14-/m1/s1. The zero-order valence-corrected chi connectivity index (χ0v) is 12.3. The molecule has 1 saturated heterocycles. The fraction of sp³-hybridized carbons (Fsp3) is 0.333. The Balaban J connectivity index is 1.77. The molecule has 0 aromatic heterocycles. The fourth-order valence-electron chi connectivity index (χ4n) is 2.56. The van der Waals surface area contributed by atoms with E-state index < -0.39 is 5.97 Å². The summed E-state index contributed by atoms with van der Waals surface area (Å²) in [6.07, 6.45) is 2.85. The Labute approximate surface area is 126 Å². The Morgan fingerprint density at radius 2 is 2.14 bits per heavy atom. The smallest absolute Gasteiger partial charge is 0.352 e. The first-order valence-corrected chi connectivity index (χ1v) is 7.58. The summed E-state index contributed by atoms with van der Waals surface area (Å²) >= 11 is 1.65. The summed E-state index contributed by atoms with van der Waals surface area (Å²) in [5.74, 6) is -0.343. The van der Waals surface area contributed by atoms with Crippen molar-refractivity contribution in [3.05, 3.63) is 41.6 Å². The van der Waals surface area contributed by atoms with Crippen LogP contribution in [0.1, 0.15) is 12.0 Å². The van der Waals surface area contributed by atoms with Crippen LogP contribution in [-0.4, -0.2) is 39.6 Å². The monoisotopic (exact) mass is 305 g/mol. The van der Waals surface area contributed by atoms with E-state index in [-0.39, 0.29) is 22.2 Å². The number of rotatable bonds is 4. The van der Waals surface area contributed by atoms with Gasteiger partial charge in [-0.15, -0.1) is 11.8 Å². The molecule has 1 aromatic rings. The molecule has 0 saturated carbocycles. The van der Waals surface area contributed by atoms with Crippen molar-refractivity contribution in [2.75, 3.05) is 7.11 Å². The topological polar surface area (TPSA) is 66.8 Å². The largest absolute Gasteiger partial charge is 0.497 e. The second-order valence-corrected chi connectivity index (χ2v) is 6.43. The zero-order valence-electron chi connectivity index (χ0n) is 11.5. The highest BCUT2D eigenvalue weighted by Gasteiger charge is 2.45. The van der Waals surface area contributed by atoms with Crippen molar-refractivity contribution in [2.24, 2.45) is 0 Å². The SMILES string of the molecule is COc1ccc(CC2C=C(C(=O)O)N3C(=O)C[C@H]3S2)cc1. The Morgan fingerprint density at radius 3 is 2.71 bits per heavy atom. The molecule has 1 unspecified atom stereocenters. The number of aliphatic carboxylic acids is 1. The molecule has 1 fully saturated rings. The number of amides is 1. The third-order valence-electron chi connectivity index (χ3n) is 3.66. The van der Waals surface area contributed by atoms with Crippen molar-refractivity contribution < 1.29 is 19.4 Å². The van der Waals surface area contributed by atoms with Gasteiger partial charge in [-0.05, 0) is 30.2 Å². The van der Waals surface area contributed by atoms with Crippen molar-refractivity contribution in [1.82, 2.24) is 4.90 Å². The van der Waals surface area contributed by atoms with Gasteiger partial charge in [0, 0.05) is 5.25 Å². The van der Waals surface area contributed by atoms with E-state index in [2.05, 4.69) is 0 Å². The van der Waals surface area contributed by atoms with Gasteiger partial charge in [-0.2, -0.15) is 0 Å². The van der Waals surface area contributed by atoms with Gasteiger partial charge in [-0.25, -0.2) is 4.79 Å². The number of fused-ring (bicyclic) bond motifs is 1. The van der Waals surface area contributed by atoms with E-state index in [1.165, 1.54) is 4.90 Å². The zero-order chi connectivity index (χ0) is 15.0. The molecule has 6 heteroatoms. The van der Waals surface area contributed by atoms with Gasteiger partial charge in [0.15, 0.2) is 0 Å². The van der Waals surface area contributed by atoms with Crippen LogP contribution in [0, 0.1) is 0 Å². The third kappa shape index (κ3) is 2.63. The normalized spacial score (nSPS) is 24.0. The van der Waals surface area contributed by atoms with Crippen molar-refractivity contribution in [2.45, 2.75) is 23.5 Å². The number of carboxylic acid groups (broad SMARTS) is 1. The average molecular weight is 305 g/mol. The van der Waals surface area contributed by atoms with Crippen LogP contribution in [0.5, 0.6) is 5.75 Å². The lowest BCUT2D eigenvalue weighted by Gasteiger charge is -2.44. The van der Waals surface area contributed by atoms with Gasteiger partial charge >= 0.3 is 5.97 Å². The van der Waals surface area contributed by atoms with Crippen LogP contribution in [0.15, 0.2) is 36.0 Å². The summed E-state index contributed by atoms with van der Waals surface area (Å²) in [4.78, 5) is 24.2. The van der Waals surface area contributed by atoms with Crippen LogP contribution >= 0.6 is 11.8 Å². The number of methoxy groups -OCH3 is 1. The maximum Gasteiger partial charge on any atom is 0.352 e. The molecule has 0 bridgehead atoms. The Kier molecular flexibility index (Phi) is 3.63. The minimum absolute atomic E-state index is 0.0307. The highest BCUT2D eigenvalue weighted by molar-refractivity contribution is 8.00. The van der Waals surface area contributed by atoms with Crippen LogP contribution in [-0.2, 0) is 16.0 Å². The lowest BCUT2D eigenvalue weighted by molar-refractivity contribution is -0.146. The van der Waals surface area contributed by atoms with E-state index in [1.807, 2.05) is 24.3 Å². The number of thioether (sulfide) groups is 1. The molecular formula is C15H15NO4S. The quantitative estimate of drug-likeness (QED) is 0.860. The van der Waals surface area contributed by atoms with Crippen LogP contribution in [0.4, 0.5) is 0 Å². The first-order valence-electron chi connectivity index (χ1n) is 6.64. The Hall–Kier alpha value is -1.95. The highest BCUT2D eigenvalue weighted by atomic mass is 32.2. The molecule has 3 rings (SSSR count). The Bertz CT molecular complexity index is 611. The molecule has 0 radical (unpaired) electrons. The van der Waals surface area contributed by atoms with E-state index in [1.54, 1.807) is 24.9 Å². The second kappa shape index (κ2) is 5.44. The van der Waals surface area contributed by atoms with Gasteiger partial charge in [0.25, 0.3) is 0 Å². The average Bonchev–Trinajstić information content (AvgIpc) is 2.46. The van der Waals surface area contributed by atoms with Crippen LogP contribution in [0.2, 0.25) is 0 Å². The number of hydrogen-bond acceptors (Lipinski definition) is 4. The number of carbonyl (C=O) groups is 2. The van der Waals surface area contributed by atoms with E-state index >= 15 is 0 Å². The van der Waals surface area contributed by atoms with Crippen LogP contribution in [0.3, 0.4) is 0 Å². The molecule has 2 aliphatic heterocycles. The summed E-state index contributed by atoms with van der Waals surface area (Å²) in [6.45, 7) is 0. The molecule has 2 heterocycles. The van der Waals surface area contributed by atoms with E-state index in [0.29, 0.717) is 6.42 Å². The highest BCUT2D eigenvalue weighted by Crippen LogP contribution is 2.41. The molecular weight excluding hydrogens is 290 g/mol. The fourth-order valence-corrected chi connectivity index (χ4v) is 4.05. The summed E-state index contributed by atoms with van der Waals surface area (Å²) in [6, 6.07) is 7.74. The van der Waals surface area contributed by atoms with Crippen molar-refractivity contribution in [1.29, 1.82) is 0 Å². The summed E-state index contributed by atoms with van der Waals surface area (Å²) < 4.78 is 5.12. The summed E-state index contributed by atoms with van der Waals surface area (Å²) in [5, 5.41) is 9.28. The molecule has 110 valence electrons. The minimum Gasteiger partial charge on any atom is -0.497 e. The van der Waals surface area contributed by atoms with Gasteiger partial charge in [0.05, 0.1) is 18.9 Å². The summed E-state index contributed by atoms with van der Waals surface area (Å²) in [7, 11) is 1.62. The number of carboxylic acids is 1. The molecule has 0 aliphatic carbocycles. The van der Waals surface area contributed by atoms with Gasteiger partial charge in [-0.3, -0.25) is 9.69 Å². The molecule has 5 nitrogen and oxygen atoms in total. The maximum atomic E-state index is 11.5. The van der Waals surface area contributed by atoms with E-state index in [9.17, 15) is 14.7 Å². The van der Waals surface area contributed by atoms with Gasteiger partial charge < -0.3 is 9.84 Å². The number of β-lactam (4-membered cyclic amide) rings is 1. The van der Waals surface area contributed by atoms with Crippen molar-refractivity contribution >= 4 is 23.6 Å². The number of benzene rings is 1.